The van der Waals surface area contributed by atoms with Crippen LogP contribution in [0.1, 0.15) is 57.1 Å². The maximum Gasteiger partial charge on any atom is 0.303 e. The average Bonchev–Trinajstić information content (AvgIpc) is 2.71. The molecule has 0 spiro atoms. The van der Waals surface area contributed by atoms with Gasteiger partial charge in [0.1, 0.15) is 0 Å². The van der Waals surface area contributed by atoms with E-state index in [-0.39, 0.29) is 17.4 Å². The highest BCUT2D eigenvalue weighted by molar-refractivity contribution is 7.99. The SMILES string of the molecule is CCCCCC(NS(=O)(=O)c1ccc(Cl)cc1)c1ccc(SCCCC(=O)O)cc1. The Bertz CT molecular complexity index is 900. The minimum atomic E-state index is -3.67. The van der Waals surface area contributed by atoms with Gasteiger partial charge in [-0.1, -0.05) is 49.9 Å². The van der Waals surface area contributed by atoms with E-state index in [1.807, 2.05) is 24.3 Å². The number of carboxylic acid groups (broad SMARTS) is 1. The Morgan fingerprint density at radius 3 is 2.33 bits per heavy atom. The normalized spacial score (nSPS) is 12.6. The number of carboxylic acids is 1. The number of halogens is 1. The molecule has 2 N–H and O–H groups in total. The van der Waals surface area contributed by atoms with E-state index in [9.17, 15) is 13.2 Å². The number of nitrogens with one attached hydrogen (secondary N) is 1. The molecule has 0 saturated heterocycles. The van der Waals surface area contributed by atoms with Gasteiger partial charge < -0.3 is 5.11 Å². The number of hydrogen-bond acceptors (Lipinski definition) is 4. The van der Waals surface area contributed by atoms with Crippen molar-refractivity contribution in [1.82, 2.24) is 4.72 Å². The molecule has 30 heavy (non-hydrogen) atoms. The Balaban J connectivity index is 2.09. The van der Waals surface area contributed by atoms with E-state index in [4.69, 9.17) is 16.7 Å². The predicted molar refractivity (Wildman–Crippen MR) is 123 cm³/mol. The van der Waals surface area contributed by atoms with Gasteiger partial charge in [0.15, 0.2) is 0 Å². The second kappa shape index (κ2) is 12.3. The van der Waals surface area contributed by atoms with Crippen LogP contribution in [0, 0.1) is 0 Å². The Morgan fingerprint density at radius 1 is 1.07 bits per heavy atom. The zero-order valence-corrected chi connectivity index (χ0v) is 19.4. The number of benzene rings is 2. The Kier molecular flexibility index (Phi) is 10.2. The van der Waals surface area contributed by atoms with Crippen LogP contribution in [0.2, 0.25) is 5.02 Å². The van der Waals surface area contributed by atoms with E-state index in [1.54, 1.807) is 23.9 Å². The highest BCUT2D eigenvalue weighted by atomic mass is 35.5. The molecule has 0 aromatic heterocycles. The molecule has 2 rings (SSSR count). The van der Waals surface area contributed by atoms with Crippen molar-refractivity contribution in [1.29, 1.82) is 0 Å². The van der Waals surface area contributed by atoms with Crippen molar-refractivity contribution in [3.63, 3.8) is 0 Å². The number of rotatable bonds is 13. The molecule has 2 aromatic rings. The fraction of sp³-hybridized carbons (Fsp3) is 0.409. The van der Waals surface area contributed by atoms with Gasteiger partial charge in [0.05, 0.1) is 4.90 Å². The quantitative estimate of drug-likeness (QED) is 0.282. The molecule has 0 amide bonds. The standard InChI is InChI=1S/C22H28ClNO4S2/c1-2-3-4-6-21(24-30(27,28)20-14-10-18(23)11-15-20)17-8-12-19(13-9-17)29-16-5-7-22(25)26/h8-15,21,24H,2-7,16H2,1H3,(H,25,26). The van der Waals surface area contributed by atoms with Crippen molar-refractivity contribution in [2.24, 2.45) is 0 Å². The lowest BCUT2D eigenvalue weighted by Crippen LogP contribution is -2.28. The van der Waals surface area contributed by atoms with Crippen LogP contribution in [-0.2, 0) is 14.8 Å². The summed E-state index contributed by atoms with van der Waals surface area (Å²) in [7, 11) is -3.67. The molecule has 164 valence electrons. The number of thioether (sulfide) groups is 1. The van der Waals surface area contributed by atoms with Gasteiger partial charge in [0.2, 0.25) is 10.0 Å². The maximum absolute atomic E-state index is 12.9. The van der Waals surface area contributed by atoms with Crippen LogP contribution in [0.3, 0.4) is 0 Å². The van der Waals surface area contributed by atoms with E-state index < -0.39 is 16.0 Å². The van der Waals surface area contributed by atoms with Crippen molar-refractivity contribution in [3.8, 4) is 0 Å². The van der Waals surface area contributed by atoms with Gasteiger partial charge in [-0.05, 0) is 60.6 Å². The van der Waals surface area contributed by atoms with Gasteiger partial charge in [-0.15, -0.1) is 11.8 Å². The van der Waals surface area contributed by atoms with E-state index in [0.29, 0.717) is 17.9 Å². The summed E-state index contributed by atoms with van der Waals surface area (Å²) in [6.07, 6.45) is 4.51. The molecule has 0 fully saturated rings. The maximum atomic E-state index is 12.9. The van der Waals surface area contributed by atoms with Gasteiger partial charge in [0, 0.05) is 22.4 Å². The second-order valence-electron chi connectivity index (χ2n) is 7.04. The first-order chi connectivity index (χ1) is 14.3. The number of aliphatic carboxylic acids is 1. The third-order valence-corrected chi connectivity index (χ3v) is 7.44. The Labute approximate surface area is 188 Å². The minimum Gasteiger partial charge on any atom is -0.481 e. The monoisotopic (exact) mass is 469 g/mol. The lowest BCUT2D eigenvalue weighted by Gasteiger charge is -2.20. The second-order valence-corrected chi connectivity index (χ2v) is 10.4. The molecule has 5 nitrogen and oxygen atoms in total. The van der Waals surface area contributed by atoms with Crippen LogP contribution in [0.15, 0.2) is 58.3 Å². The zero-order chi connectivity index (χ0) is 22.0. The first kappa shape index (κ1) is 24.7. The third kappa shape index (κ3) is 8.30. The molecule has 0 bridgehead atoms. The molecule has 8 heteroatoms. The summed E-state index contributed by atoms with van der Waals surface area (Å²) in [5.41, 5.74) is 0.915. The van der Waals surface area contributed by atoms with E-state index in [1.165, 1.54) is 12.1 Å². The average molecular weight is 470 g/mol. The summed E-state index contributed by atoms with van der Waals surface area (Å²) in [5.74, 6) is -0.0526. The summed E-state index contributed by atoms with van der Waals surface area (Å²) in [6.45, 7) is 2.11. The molecule has 0 saturated carbocycles. The summed E-state index contributed by atoms with van der Waals surface area (Å²) in [6, 6.07) is 13.6. The van der Waals surface area contributed by atoms with Crippen molar-refractivity contribution >= 4 is 39.4 Å². The number of carbonyl (C=O) groups is 1. The summed E-state index contributed by atoms with van der Waals surface area (Å²) in [4.78, 5) is 11.8. The van der Waals surface area contributed by atoms with Crippen molar-refractivity contribution in [2.45, 2.75) is 61.3 Å². The molecule has 1 unspecified atom stereocenters. The van der Waals surface area contributed by atoms with Crippen LogP contribution in [0.5, 0.6) is 0 Å². The van der Waals surface area contributed by atoms with Crippen LogP contribution >= 0.6 is 23.4 Å². The fourth-order valence-corrected chi connectivity index (χ4v) is 5.21. The van der Waals surface area contributed by atoms with Crippen LogP contribution < -0.4 is 4.72 Å². The topological polar surface area (TPSA) is 83.5 Å². The largest absolute Gasteiger partial charge is 0.481 e. The van der Waals surface area contributed by atoms with Crippen LogP contribution in [0.25, 0.3) is 0 Å². The van der Waals surface area contributed by atoms with E-state index in [0.717, 1.165) is 35.5 Å². The minimum absolute atomic E-state index is 0.164. The van der Waals surface area contributed by atoms with Crippen molar-refractivity contribution < 1.29 is 18.3 Å². The molecular weight excluding hydrogens is 442 g/mol. The predicted octanol–water partition coefficient (Wildman–Crippen LogP) is 5.90. The summed E-state index contributed by atoms with van der Waals surface area (Å²) >= 11 is 7.48. The third-order valence-electron chi connectivity index (χ3n) is 4.60. The van der Waals surface area contributed by atoms with Crippen LogP contribution in [0.4, 0.5) is 0 Å². The molecule has 0 aliphatic carbocycles. The van der Waals surface area contributed by atoms with Gasteiger partial charge in [-0.2, -0.15) is 0 Å². The molecule has 0 heterocycles. The summed E-state index contributed by atoms with van der Waals surface area (Å²) in [5, 5.41) is 9.20. The lowest BCUT2D eigenvalue weighted by molar-refractivity contribution is -0.137. The number of sulfonamides is 1. The Hall–Kier alpha value is -1.54. The zero-order valence-electron chi connectivity index (χ0n) is 17.0. The van der Waals surface area contributed by atoms with Crippen molar-refractivity contribution in [2.75, 3.05) is 5.75 Å². The van der Waals surface area contributed by atoms with Gasteiger partial charge in [0.25, 0.3) is 0 Å². The highest BCUT2D eigenvalue weighted by Gasteiger charge is 2.21. The smallest absolute Gasteiger partial charge is 0.303 e. The first-order valence-electron chi connectivity index (χ1n) is 10.0. The van der Waals surface area contributed by atoms with Gasteiger partial charge in [-0.3, -0.25) is 4.79 Å². The number of unbranched alkanes of at least 4 members (excludes halogenated alkanes) is 2. The molecule has 2 aromatic carbocycles. The molecule has 1 atom stereocenters. The molecule has 0 radical (unpaired) electrons. The van der Waals surface area contributed by atoms with Crippen LogP contribution in [-0.4, -0.2) is 25.2 Å². The fourth-order valence-electron chi connectivity index (χ4n) is 2.97. The molecular formula is C22H28ClNO4S2. The van der Waals surface area contributed by atoms with E-state index in [2.05, 4.69) is 11.6 Å². The van der Waals surface area contributed by atoms with Crippen molar-refractivity contribution in [3.05, 3.63) is 59.1 Å². The number of hydrogen-bond donors (Lipinski definition) is 2. The highest BCUT2D eigenvalue weighted by Crippen LogP contribution is 2.27. The molecule has 0 aliphatic rings. The van der Waals surface area contributed by atoms with Gasteiger partial charge >= 0.3 is 5.97 Å². The summed E-state index contributed by atoms with van der Waals surface area (Å²) < 4.78 is 28.5. The van der Waals surface area contributed by atoms with Gasteiger partial charge in [-0.25, -0.2) is 13.1 Å². The van der Waals surface area contributed by atoms with E-state index >= 15 is 0 Å². The first-order valence-corrected chi connectivity index (χ1v) is 12.9. The Morgan fingerprint density at radius 2 is 1.73 bits per heavy atom. The molecule has 0 aliphatic heterocycles. The lowest BCUT2D eigenvalue weighted by atomic mass is 10.0.